The monoisotopic (exact) mass is 272 g/mol. The van der Waals surface area contributed by atoms with Crippen LogP contribution in [0.5, 0.6) is 0 Å². The number of aryl methyl sites for hydroxylation is 2. The molecule has 6 heteroatoms. The highest BCUT2D eigenvalue weighted by molar-refractivity contribution is 7.89. The first-order chi connectivity index (χ1) is 8.09. The Balaban J connectivity index is 3.30. The number of rotatable bonds is 4. The molecule has 0 aliphatic rings. The highest BCUT2D eigenvalue weighted by Crippen LogP contribution is 2.24. The van der Waals surface area contributed by atoms with Crippen LogP contribution in [0.1, 0.15) is 25.0 Å². The van der Waals surface area contributed by atoms with Crippen LogP contribution in [-0.2, 0) is 10.0 Å². The molecular weight excluding hydrogens is 252 g/mol. The Bertz CT molecular complexity index is 527. The lowest BCUT2D eigenvalue weighted by molar-refractivity contribution is 0.208. The molecule has 0 atom stereocenters. The molecule has 0 bridgehead atoms. The maximum Gasteiger partial charge on any atom is 0.241 e. The fourth-order valence-corrected chi connectivity index (χ4v) is 3.71. The van der Waals surface area contributed by atoms with Gasteiger partial charge in [0.2, 0.25) is 10.0 Å². The van der Waals surface area contributed by atoms with Gasteiger partial charge in [-0.15, -0.1) is 0 Å². The number of sulfonamides is 1. The van der Waals surface area contributed by atoms with Crippen molar-refractivity contribution in [3.63, 3.8) is 0 Å². The summed E-state index contributed by atoms with van der Waals surface area (Å²) in [5.41, 5.74) is 6.48. The Labute approximate surface area is 108 Å². The summed E-state index contributed by atoms with van der Waals surface area (Å²) in [7, 11) is -3.67. The van der Waals surface area contributed by atoms with Crippen molar-refractivity contribution in [3.8, 4) is 0 Å². The zero-order chi connectivity index (χ0) is 14.1. The predicted molar refractivity (Wildman–Crippen MR) is 71.8 cm³/mol. The second-order valence-corrected chi connectivity index (χ2v) is 6.75. The minimum Gasteiger partial charge on any atom is -0.399 e. The van der Waals surface area contributed by atoms with Crippen LogP contribution in [-0.4, -0.2) is 25.7 Å². The van der Waals surface area contributed by atoms with E-state index in [1.54, 1.807) is 39.8 Å². The number of nitrogens with one attached hydrogen (secondary N) is 1. The molecule has 5 nitrogen and oxygen atoms in total. The molecule has 4 N–H and O–H groups in total. The molecule has 0 amide bonds. The van der Waals surface area contributed by atoms with Gasteiger partial charge in [0.15, 0.2) is 0 Å². The Hall–Kier alpha value is -1.11. The van der Waals surface area contributed by atoms with E-state index in [9.17, 15) is 8.42 Å². The molecule has 0 aromatic heterocycles. The number of hydrogen-bond acceptors (Lipinski definition) is 4. The number of aliphatic hydroxyl groups excluding tert-OH is 1. The van der Waals surface area contributed by atoms with Crippen molar-refractivity contribution >= 4 is 15.7 Å². The predicted octanol–water partition coefficient (Wildman–Crippen LogP) is 0.935. The lowest BCUT2D eigenvalue weighted by Gasteiger charge is -2.24. The smallest absolute Gasteiger partial charge is 0.241 e. The number of nitrogens with two attached hydrogens (primary N) is 1. The molecule has 1 rings (SSSR count). The zero-order valence-electron chi connectivity index (χ0n) is 11.1. The summed E-state index contributed by atoms with van der Waals surface area (Å²) in [6.07, 6.45) is 0. The number of hydrogen-bond donors (Lipinski definition) is 3. The van der Waals surface area contributed by atoms with Gasteiger partial charge in [-0.05, 0) is 51.0 Å². The van der Waals surface area contributed by atoms with Crippen molar-refractivity contribution in [3.05, 3.63) is 23.3 Å². The van der Waals surface area contributed by atoms with Crippen LogP contribution in [0, 0.1) is 13.8 Å². The maximum absolute atomic E-state index is 12.3. The third kappa shape index (κ3) is 3.22. The van der Waals surface area contributed by atoms with Crippen LogP contribution < -0.4 is 10.5 Å². The van der Waals surface area contributed by atoms with Crippen molar-refractivity contribution in [1.29, 1.82) is 0 Å². The molecule has 1 aromatic rings. The van der Waals surface area contributed by atoms with E-state index in [1.807, 2.05) is 0 Å². The van der Waals surface area contributed by atoms with Gasteiger partial charge in [-0.2, -0.15) is 0 Å². The van der Waals surface area contributed by atoms with E-state index in [0.29, 0.717) is 16.8 Å². The first-order valence-electron chi connectivity index (χ1n) is 5.60. The van der Waals surface area contributed by atoms with E-state index >= 15 is 0 Å². The summed E-state index contributed by atoms with van der Waals surface area (Å²) >= 11 is 0. The number of anilines is 1. The maximum atomic E-state index is 12.3. The van der Waals surface area contributed by atoms with Crippen LogP contribution in [0.15, 0.2) is 17.0 Å². The van der Waals surface area contributed by atoms with Crippen molar-refractivity contribution in [2.45, 2.75) is 38.1 Å². The molecule has 102 valence electrons. The molecule has 0 spiro atoms. The summed E-state index contributed by atoms with van der Waals surface area (Å²) < 4.78 is 27.1. The molecule has 1 aromatic carbocycles. The first kappa shape index (κ1) is 14.9. The van der Waals surface area contributed by atoms with Gasteiger partial charge in [0, 0.05) is 5.69 Å². The SMILES string of the molecule is Cc1cc(N)cc(C)c1S(=O)(=O)NC(C)(C)CO. The van der Waals surface area contributed by atoms with Crippen LogP contribution >= 0.6 is 0 Å². The van der Waals surface area contributed by atoms with Crippen LogP contribution in [0.2, 0.25) is 0 Å². The number of benzene rings is 1. The van der Waals surface area contributed by atoms with Crippen molar-refractivity contribution in [2.24, 2.45) is 0 Å². The number of aliphatic hydroxyl groups is 1. The van der Waals surface area contributed by atoms with E-state index in [1.165, 1.54) is 0 Å². The van der Waals surface area contributed by atoms with E-state index in [-0.39, 0.29) is 11.5 Å². The standard InChI is InChI=1S/C12H20N2O3S/c1-8-5-10(13)6-9(2)11(8)18(16,17)14-12(3,4)7-15/h5-6,14-15H,7,13H2,1-4H3. The summed E-state index contributed by atoms with van der Waals surface area (Å²) in [6.45, 7) is 6.35. The molecule has 0 fully saturated rings. The van der Waals surface area contributed by atoms with Gasteiger partial charge in [0.1, 0.15) is 0 Å². The second-order valence-electron chi connectivity index (χ2n) is 5.13. The minimum absolute atomic E-state index is 0.221. The fraction of sp³-hybridized carbons (Fsp3) is 0.500. The highest BCUT2D eigenvalue weighted by Gasteiger charge is 2.27. The molecule has 0 saturated heterocycles. The average Bonchev–Trinajstić information content (AvgIpc) is 2.13. The summed E-state index contributed by atoms with van der Waals surface area (Å²) in [5.74, 6) is 0. The number of nitrogen functional groups attached to an aromatic ring is 1. The molecule has 0 unspecified atom stereocenters. The van der Waals surface area contributed by atoms with Gasteiger partial charge in [-0.1, -0.05) is 0 Å². The van der Waals surface area contributed by atoms with E-state index in [2.05, 4.69) is 4.72 Å². The largest absolute Gasteiger partial charge is 0.399 e. The Morgan fingerprint density at radius 3 is 2.11 bits per heavy atom. The summed E-state index contributed by atoms with van der Waals surface area (Å²) in [4.78, 5) is 0.221. The quantitative estimate of drug-likeness (QED) is 0.711. The molecule has 18 heavy (non-hydrogen) atoms. The van der Waals surface area contributed by atoms with Crippen molar-refractivity contribution < 1.29 is 13.5 Å². The Morgan fingerprint density at radius 2 is 1.72 bits per heavy atom. The second kappa shape index (κ2) is 4.87. The summed E-state index contributed by atoms with van der Waals surface area (Å²) in [6, 6.07) is 3.24. The van der Waals surface area contributed by atoms with Gasteiger partial charge in [-0.3, -0.25) is 0 Å². The van der Waals surface area contributed by atoms with Crippen LogP contribution in [0.3, 0.4) is 0 Å². The molecule has 0 aliphatic heterocycles. The van der Waals surface area contributed by atoms with E-state index < -0.39 is 15.6 Å². The minimum atomic E-state index is -3.67. The van der Waals surface area contributed by atoms with Crippen molar-refractivity contribution in [1.82, 2.24) is 4.72 Å². The van der Waals surface area contributed by atoms with Gasteiger partial charge >= 0.3 is 0 Å². The molecule has 0 heterocycles. The molecule has 0 radical (unpaired) electrons. The van der Waals surface area contributed by atoms with Gasteiger partial charge in [0.25, 0.3) is 0 Å². The zero-order valence-corrected chi connectivity index (χ0v) is 11.9. The molecular formula is C12H20N2O3S. The first-order valence-corrected chi connectivity index (χ1v) is 7.09. The molecule has 0 saturated carbocycles. The van der Waals surface area contributed by atoms with E-state index in [4.69, 9.17) is 10.8 Å². The lowest BCUT2D eigenvalue weighted by atomic mass is 10.1. The third-order valence-corrected chi connectivity index (χ3v) is 4.56. The fourth-order valence-electron chi connectivity index (χ4n) is 1.85. The van der Waals surface area contributed by atoms with Gasteiger partial charge in [0.05, 0.1) is 17.0 Å². The lowest BCUT2D eigenvalue weighted by Crippen LogP contribution is -2.46. The summed E-state index contributed by atoms with van der Waals surface area (Å²) in [5, 5.41) is 9.14. The van der Waals surface area contributed by atoms with E-state index in [0.717, 1.165) is 0 Å². The van der Waals surface area contributed by atoms with Crippen LogP contribution in [0.4, 0.5) is 5.69 Å². The Kier molecular flexibility index (Phi) is 4.05. The Morgan fingerprint density at radius 1 is 1.28 bits per heavy atom. The topological polar surface area (TPSA) is 92.4 Å². The highest BCUT2D eigenvalue weighted by atomic mass is 32.2. The van der Waals surface area contributed by atoms with Crippen LogP contribution in [0.25, 0.3) is 0 Å². The third-order valence-electron chi connectivity index (χ3n) is 2.56. The van der Waals surface area contributed by atoms with Gasteiger partial charge < -0.3 is 10.8 Å². The van der Waals surface area contributed by atoms with Gasteiger partial charge in [-0.25, -0.2) is 13.1 Å². The molecule has 0 aliphatic carbocycles. The average molecular weight is 272 g/mol. The van der Waals surface area contributed by atoms with Crippen molar-refractivity contribution in [2.75, 3.05) is 12.3 Å². The normalized spacial score (nSPS) is 12.7.